The second-order valence-electron chi connectivity index (χ2n) is 7.82. The first-order valence-corrected chi connectivity index (χ1v) is 10.8. The van der Waals surface area contributed by atoms with Crippen molar-refractivity contribution in [3.63, 3.8) is 0 Å². The van der Waals surface area contributed by atoms with Gasteiger partial charge in [-0.05, 0) is 19.1 Å². The minimum Gasteiger partial charge on any atom is -0.494 e. The monoisotopic (exact) mass is 499 g/mol. The van der Waals surface area contributed by atoms with Gasteiger partial charge in [0.25, 0.3) is 5.91 Å². The van der Waals surface area contributed by atoms with Gasteiger partial charge in [-0.1, -0.05) is 6.07 Å². The molecule has 5 N–H and O–H groups in total. The Balaban J connectivity index is 1.77. The Morgan fingerprint density at radius 3 is 2.58 bits per heavy atom. The molecule has 1 fully saturated rings. The molecule has 2 aromatic heterocycles. The fourth-order valence-corrected chi connectivity index (χ4v) is 3.72. The van der Waals surface area contributed by atoms with Crippen LogP contribution in [0.3, 0.4) is 0 Å². The highest BCUT2D eigenvalue weighted by Crippen LogP contribution is 2.37. The molecule has 190 valence electrons. The molecule has 3 amide bonds. The van der Waals surface area contributed by atoms with Crippen molar-refractivity contribution in [3.05, 3.63) is 36.3 Å². The van der Waals surface area contributed by atoms with Crippen molar-refractivity contribution in [2.45, 2.75) is 13.0 Å². The van der Waals surface area contributed by atoms with E-state index >= 15 is 0 Å². The molecule has 3 aromatic rings. The maximum atomic E-state index is 12.7. The molecule has 0 radical (unpaired) electrons. The smallest absolute Gasteiger partial charge is 0.369 e. The SMILES string of the molecule is CCN1CCN(c2cc(Nc3cccc(-c4ncn(C)n4)c3OC)c(C(=O)NC(O)(O)O)nn2)C1=O. The average molecular weight is 499 g/mol. The molecular weight excluding hydrogens is 474 g/mol. The predicted octanol–water partition coefficient (Wildman–Crippen LogP) is -0.396. The predicted molar refractivity (Wildman–Crippen MR) is 125 cm³/mol. The van der Waals surface area contributed by atoms with E-state index in [1.165, 1.54) is 29.1 Å². The summed E-state index contributed by atoms with van der Waals surface area (Å²) in [4.78, 5) is 32.6. The number of ether oxygens (including phenoxy) is 1. The highest BCUT2D eigenvalue weighted by atomic mass is 16.7. The van der Waals surface area contributed by atoms with E-state index in [0.29, 0.717) is 42.5 Å². The number of carbonyl (C=O) groups is 2. The summed E-state index contributed by atoms with van der Waals surface area (Å²) in [6, 6.07) is 6.29. The van der Waals surface area contributed by atoms with Gasteiger partial charge in [0, 0.05) is 32.7 Å². The summed E-state index contributed by atoms with van der Waals surface area (Å²) in [6.07, 6.45) is -1.95. The largest absolute Gasteiger partial charge is 0.494 e. The summed E-state index contributed by atoms with van der Waals surface area (Å²) in [5, 5.41) is 44.4. The number of nitrogens with one attached hydrogen (secondary N) is 2. The number of benzene rings is 1. The van der Waals surface area contributed by atoms with Crippen LogP contribution in [0.2, 0.25) is 0 Å². The van der Waals surface area contributed by atoms with Gasteiger partial charge < -0.3 is 30.3 Å². The molecule has 1 saturated heterocycles. The van der Waals surface area contributed by atoms with Gasteiger partial charge in [0.1, 0.15) is 6.33 Å². The zero-order valence-corrected chi connectivity index (χ0v) is 19.7. The lowest BCUT2D eigenvalue weighted by molar-refractivity contribution is -0.323. The molecule has 1 aliphatic heterocycles. The summed E-state index contributed by atoms with van der Waals surface area (Å²) in [5.74, 6) is -0.227. The van der Waals surface area contributed by atoms with Gasteiger partial charge in [0.2, 0.25) is 0 Å². The molecule has 4 rings (SSSR count). The van der Waals surface area contributed by atoms with Gasteiger partial charge in [-0.15, -0.1) is 10.2 Å². The Hall–Kier alpha value is -4.34. The zero-order valence-electron chi connectivity index (χ0n) is 19.7. The molecule has 0 spiro atoms. The van der Waals surface area contributed by atoms with E-state index in [0.717, 1.165) is 0 Å². The molecule has 0 bridgehead atoms. The standard InChI is InChI=1S/C21H25N9O6/c1-4-29-8-9-30(20(29)32)15-10-14(16(26-25-15)19(31)24-21(33,34)35)23-13-7-5-6-12(17(13)36-3)18-22-11-28(2)27-18/h5-7,10-11,33-35H,4,8-9H2,1-3H3,(H,23,25)(H,24,31). The molecular formula is C21H25N9O6. The lowest BCUT2D eigenvalue weighted by Gasteiger charge is -2.20. The first-order valence-electron chi connectivity index (χ1n) is 10.8. The van der Waals surface area contributed by atoms with E-state index in [4.69, 9.17) is 4.74 Å². The lowest BCUT2D eigenvalue weighted by atomic mass is 10.1. The number of aromatic nitrogens is 5. The van der Waals surface area contributed by atoms with Crippen molar-refractivity contribution < 1.29 is 29.6 Å². The van der Waals surface area contributed by atoms with Gasteiger partial charge >= 0.3 is 12.1 Å². The molecule has 36 heavy (non-hydrogen) atoms. The number of anilines is 3. The number of hydrogen-bond donors (Lipinski definition) is 5. The van der Waals surface area contributed by atoms with E-state index in [2.05, 4.69) is 25.6 Å². The van der Waals surface area contributed by atoms with Crippen molar-refractivity contribution in [2.24, 2.45) is 7.05 Å². The van der Waals surface area contributed by atoms with E-state index in [1.54, 1.807) is 35.5 Å². The van der Waals surface area contributed by atoms with Gasteiger partial charge in [-0.3, -0.25) is 19.7 Å². The molecule has 15 nitrogen and oxygen atoms in total. The molecule has 0 unspecified atom stereocenters. The van der Waals surface area contributed by atoms with E-state index in [1.807, 2.05) is 6.92 Å². The minimum atomic E-state index is -3.48. The van der Waals surface area contributed by atoms with Gasteiger partial charge in [0.05, 0.1) is 24.0 Å². The fraction of sp³-hybridized carbons (Fsp3) is 0.333. The number of aliphatic hydroxyl groups is 3. The van der Waals surface area contributed by atoms with Gasteiger partial charge in [-0.2, -0.15) is 5.10 Å². The minimum absolute atomic E-state index is 0.0499. The number of methoxy groups -OCH3 is 1. The third-order valence-corrected chi connectivity index (χ3v) is 5.36. The number of urea groups is 1. The number of para-hydroxylation sites is 1. The highest BCUT2D eigenvalue weighted by molar-refractivity contribution is 6.00. The number of nitrogens with zero attached hydrogens (tertiary/aromatic N) is 7. The Morgan fingerprint density at radius 1 is 1.19 bits per heavy atom. The summed E-state index contributed by atoms with van der Waals surface area (Å²) in [5.41, 5.74) is 0.614. The molecule has 0 atom stereocenters. The lowest BCUT2D eigenvalue weighted by Crippen LogP contribution is -2.48. The Kier molecular flexibility index (Phi) is 6.69. The van der Waals surface area contributed by atoms with Crippen LogP contribution in [0, 0.1) is 0 Å². The Bertz CT molecular complexity index is 1290. The van der Waals surface area contributed by atoms with Crippen LogP contribution >= 0.6 is 0 Å². The van der Waals surface area contributed by atoms with Crippen LogP contribution in [0.15, 0.2) is 30.6 Å². The summed E-state index contributed by atoms with van der Waals surface area (Å²) in [6.45, 7) is 3.24. The number of rotatable bonds is 8. The van der Waals surface area contributed by atoms with E-state index in [9.17, 15) is 24.9 Å². The third kappa shape index (κ3) is 5.02. The molecule has 1 aliphatic rings. The van der Waals surface area contributed by atoms with E-state index in [-0.39, 0.29) is 23.2 Å². The van der Waals surface area contributed by atoms with Crippen LogP contribution in [-0.2, 0) is 7.05 Å². The number of aryl methyl sites for hydroxylation is 1. The van der Waals surface area contributed by atoms with Crippen molar-refractivity contribution in [2.75, 3.05) is 37.0 Å². The molecule has 1 aromatic carbocycles. The van der Waals surface area contributed by atoms with Gasteiger partial charge in [-0.25, -0.2) is 9.78 Å². The zero-order chi connectivity index (χ0) is 26.0. The summed E-state index contributed by atoms with van der Waals surface area (Å²) in [7, 11) is 3.18. The maximum absolute atomic E-state index is 12.7. The van der Waals surface area contributed by atoms with Crippen LogP contribution in [0.1, 0.15) is 17.4 Å². The van der Waals surface area contributed by atoms with Crippen molar-refractivity contribution in [1.29, 1.82) is 0 Å². The molecule has 3 heterocycles. The quantitative estimate of drug-likeness (QED) is 0.253. The van der Waals surface area contributed by atoms with Crippen LogP contribution in [0.5, 0.6) is 5.75 Å². The Labute approximate surface area is 204 Å². The van der Waals surface area contributed by atoms with Crippen LogP contribution in [-0.4, -0.2) is 90.0 Å². The number of carbonyl (C=O) groups excluding carboxylic acids is 2. The highest BCUT2D eigenvalue weighted by Gasteiger charge is 2.32. The van der Waals surface area contributed by atoms with Crippen LogP contribution in [0.4, 0.5) is 22.0 Å². The van der Waals surface area contributed by atoms with Crippen molar-refractivity contribution in [1.82, 2.24) is 35.2 Å². The summed E-state index contributed by atoms with van der Waals surface area (Å²) < 4.78 is 7.13. The van der Waals surface area contributed by atoms with Crippen molar-refractivity contribution in [3.8, 4) is 17.1 Å². The molecule has 0 saturated carbocycles. The summed E-state index contributed by atoms with van der Waals surface area (Å²) >= 11 is 0. The topological polar surface area (TPSA) is 191 Å². The number of likely N-dealkylation sites (N-methyl/N-ethyl adjacent to an activating group) is 1. The first kappa shape index (κ1) is 24.8. The maximum Gasteiger partial charge on any atom is 0.369 e. The average Bonchev–Trinajstić information content (AvgIpc) is 3.42. The number of hydrogen-bond acceptors (Lipinski definition) is 11. The normalized spacial score (nSPS) is 13.8. The number of amides is 3. The third-order valence-electron chi connectivity index (χ3n) is 5.36. The first-order chi connectivity index (χ1) is 17.1. The molecule has 15 heteroatoms. The second-order valence-corrected chi connectivity index (χ2v) is 7.82. The fourth-order valence-electron chi connectivity index (χ4n) is 3.72. The van der Waals surface area contributed by atoms with E-state index < -0.39 is 12.0 Å². The van der Waals surface area contributed by atoms with Gasteiger partial charge in [0.15, 0.2) is 23.1 Å². The molecule has 0 aliphatic carbocycles. The second kappa shape index (κ2) is 9.73. The van der Waals surface area contributed by atoms with Crippen LogP contribution < -0.4 is 20.3 Å². The Morgan fingerprint density at radius 2 is 1.97 bits per heavy atom. The van der Waals surface area contributed by atoms with Crippen molar-refractivity contribution >= 4 is 29.1 Å². The van der Waals surface area contributed by atoms with Crippen LogP contribution in [0.25, 0.3) is 11.4 Å².